The second-order valence-electron chi connectivity index (χ2n) is 7.59. The van der Waals surface area contributed by atoms with Crippen molar-refractivity contribution < 1.29 is 21.6 Å². The quantitative estimate of drug-likeness (QED) is 0.728. The van der Waals surface area contributed by atoms with Crippen molar-refractivity contribution in [1.82, 2.24) is 9.62 Å². The maximum absolute atomic E-state index is 12.9. The van der Waals surface area contributed by atoms with E-state index in [2.05, 4.69) is 5.32 Å². The fourth-order valence-corrected chi connectivity index (χ4v) is 5.71. The van der Waals surface area contributed by atoms with Crippen LogP contribution >= 0.6 is 0 Å². The minimum Gasteiger partial charge on any atom is -0.349 e. The molecule has 0 saturated carbocycles. The Morgan fingerprint density at radius 2 is 1.63 bits per heavy atom. The van der Waals surface area contributed by atoms with Crippen molar-refractivity contribution in [2.24, 2.45) is 5.92 Å². The van der Waals surface area contributed by atoms with Gasteiger partial charge in [-0.1, -0.05) is 30.3 Å². The molecule has 2 aromatic rings. The number of nitrogens with zero attached hydrogens (tertiary/aromatic N) is 1. The number of carbonyl (C=O) groups excluding carboxylic acids is 1. The van der Waals surface area contributed by atoms with Crippen LogP contribution in [0.5, 0.6) is 0 Å². The molecule has 9 heteroatoms. The van der Waals surface area contributed by atoms with Gasteiger partial charge in [0.1, 0.15) is 0 Å². The minimum atomic E-state index is -3.63. The number of carbonyl (C=O) groups is 1. The van der Waals surface area contributed by atoms with E-state index in [1.54, 1.807) is 42.5 Å². The molecule has 0 radical (unpaired) electrons. The highest BCUT2D eigenvalue weighted by Crippen LogP contribution is 2.25. The number of benzene rings is 2. The van der Waals surface area contributed by atoms with Crippen LogP contribution < -0.4 is 5.32 Å². The molecule has 0 aromatic heterocycles. The highest BCUT2D eigenvalue weighted by molar-refractivity contribution is 7.90. The first-order valence-corrected chi connectivity index (χ1v) is 13.1. The molecule has 0 aliphatic carbocycles. The number of sulfone groups is 1. The van der Waals surface area contributed by atoms with E-state index >= 15 is 0 Å². The molecule has 1 amide bonds. The zero-order chi connectivity index (χ0) is 21.9. The molecule has 1 N–H and O–H groups in total. The van der Waals surface area contributed by atoms with Gasteiger partial charge in [0.05, 0.1) is 21.8 Å². The molecular weight excluding hydrogens is 424 g/mol. The summed E-state index contributed by atoms with van der Waals surface area (Å²) in [5, 5.41) is 2.93. The summed E-state index contributed by atoms with van der Waals surface area (Å²) < 4.78 is 50.3. The van der Waals surface area contributed by atoms with Gasteiger partial charge in [-0.05, 0) is 49.6 Å². The molecule has 1 aliphatic heterocycles. The molecule has 30 heavy (non-hydrogen) atoms. The number of sulfonamides is 1. The molecule has 7 nitrogen and oxygen atoms in total. The average molecular weight is 451 g/mol. The van der Waals surface area contributed by atoms with Crippen LogP contribution in [-0.4, -0.2) is 46.4 Å². The Balaban J connectivity index is 1.67. The summed E-state index contributed by atoms with van der Waals surface area (Å²) in [5.41, 5.74) is 0.778. The largest absolute Gasteiger partial charge is 0.349 e. The second-order valence-corrected chi connectivity index (χ2v) is 11.5. The lowest BCUT2D eigenvalue weighted by Crippen LogP contribution is -2.45. The first kappa shape index (κ1) is 22.5. The zero-order valence-electron chi connectivity index (χ0n) is 17.0. The van der Waals surface area contributed by atoms with E-state index in [1.807, 2.05) is 6.92 Å². The Kier molecular flexibility index (Phi) is 6.64. The van der Waals surface area contributed by atoms with Crippen molar-refractivity contribution in [3.05, 3.63) is 60.2 Å². The van der Waals surface area contributed by atoms with Crippen LogP contribution in [0.3, 0.4) is 0 Å². The van der Waals surface area contributed by atoms with Gasteiger partial charge in [-0.25, -0.2) is 16.8 Å². The molecule has 1 fully saturated rings. The van der Waals surface area contributed by atoms with Gasteiger partial charge in [0.15, 0.2) is 9.84 Å². The van der Waals surface area contributed by atoms with E-state index in [4.69, 9.17) is 0 Å². The lowest BCUT2D eigenvalue weighted by atomic mass is 9.98. The molecule has 2 atom stereocenters. The van der Waals surface area contributed by atoms with Gasteiger partial charge in [-0.2, -0.15) is 4.31 Å². The van der Waals surface area contributed by atoms with E-state index in [1.165, 1.54) is 16.4 Å². The van der Waals surface area contributed by atoms with Crippen molar-refractivity contribution in [1.29, 1.82) is 0 Å². The Morgan fingerprint density at radius 3 is 2.23 bits per heavy atom. The fraction of sp³-hybridized carbons (Fsp3) is 0.381. The highest BCUT2D eigenvalue weighted by atomic mass is 32.2. The van der Waals surface area contributed by atoms with Crippen molar-refractivity contribution in [3.63, 3.8) is 0 Å². The Labute approximate surface area is 178 Å². The number of hydrogen-bond donors (Lipinski definition) is 1. The van der Waals surface area contributed by atoms with E-state index in [-0.39, 0.29) is 28.3 Å². The molecule has 1 saturated heterocycles. The van der Waals surface area contributed by atoms with Gasteiger partial charge in [-0.3, -0.25) is 4.79 Å². The normalized spacial score (nSPS) is 19.2. The maximum Gasteiger partial charge on any atom is 0.243 e. The Morgan fingerprint density at radius 1 is 1.00 bits per heavy atom. The van der Waals surface area contributed by atoms with Crippen molar-refractivity contribution in [2.45, 2.75) is 35.6 Å². The number of piperidine rings is 1. The number of rotatable bonds is 6. The van der Waals surface area contributed by atoms with Crippen LogP contribution in [0.15, 0.2) is 64.4 Å². The molecule has 2 aromatic carbocycles. The molecule has 0 unspecified atom stereocenters. The van der Waals surface area contributed by atoms with Gasteiger partial charge in [-0.15, -0.1) is 0 Å². The van der Waals surface area contributed by atoms with Gasteiger partial charge in [0, 0.05) is 19.3 Å². The van der Waals surface area contributed by atoms with Gasteiger partial charge >= 0.3 is 0 Å². The Bertz CT molecular complexity index is 1100. The third-order valence-electron chi connectivity index (χ3n) is 5.30. The van der Waals surface area contributed by atoms with E-state index in [0.29, 0.717) is 19.4 Å². The molecule has 1 heterocycles. The summed E-state index contributed by atoms with van der Waals surface area (Å²) in [5.74, 6) is -0.641. The number of hydrogen-bond acceptors (Lipinski definition) is 5. The molecular formula is C21H26N2O5S2. The van der Waals surface area contributed by atoms with Gasteiger partial charge < -0.3 is 5.32 Å². The first-order valence-electron chi connectivity index (χ1n) is 9.74. The third-order valence-corrected chi connectivity index (χ3v) is 8.31. The molecule has 0 bridgehead atoms. The predicted octanol–water partition coefficient (Wildman–Crippen LogP) is 2.37. The third kappa shape index (κ3) is 5.08. The second kappa shape index (κ2) is 8.87. The first-order chi connectivity index (χ1) is 14.1. The number of nitrogens with one attached hydrogen (secondary N) is 1. The van der Waals surface area contributed by atoms with Gasteiger partial charge in [0.25, 0.3) is 0 Å². The highest BCUT2D eigenvalue weighted by Gasteiger charge is 2.33. The van der Waals surface area contributed by atoms with Crippen LogP contribution in [-0.2, 0) is 24.7 Å². The molecule has 0 spiro atoms. The summed E-state index contributed by atoms with van der Waals surface area (Å²) >= 11 is 0. The monoisotopic (exact) mass is 450 g/mol. The van der Waals surface area contributed by atoms with Crippen LogP contribution in [0, 0.1) is 5.92 Å². The van der Waals surface area contributed by atoms with E-state index in [9.17, 15) is 21.6 Å². The predicted molar refractivity (Wildman–Crippen MR) is 114 cm³/mol. The minimum absolute atomic E-state index is 0.142. The van der Waals surface area contributed by atoms with Crippen LogP contribution in [0.25, 0.3) is 0 Å². The van der Waals surface area contributed by atoms with Crippen LogP contribution in [0.2, 0.25) is 0 Å². The van der Waals surface area contributed by atoms with Gasteiger partial charge in [0.2, 0.25) is 15.9 Å². The molecule has 162 valence electrons. The van der Waals surface area contributed by atoms with Crippen molar-refractivity contribution in [3.8, 4) is 0 Å². The van der Waals surface area contributed by atoms with Crippen molar-refractivity contribution >= 4 is 25.8 Å². The zero-order valence-corrected chi connectivity index (χ0v) is 18.6. The fourth-order valence-electron chi connectivity index (χ4n) is 3.53. The average Bonchev–Trinajstić information content (AvgIpc) is 2.74. The SMILES string of the molecule is C[C@@H](NC(=O)[C@@H]1CCCN(S(=O)(=O)c2ccccc2)C1)c1ccc(S(C)(=O)=O)cc1. The summed E-state index contributed by atoms with van der Waals surface area (Å²) in [7, 11) is -6.91. The standard InChI is InChI=1S/C21H26N2O5S2/c1-16(17-10-12-19(13-11-17)29(2,25)26)22-21(24)18-7-6-14-23(15-18)30(27,28)20-8-4-3-5-9-20/h3-5,8-13,16,18H,6-7,14-15H2,1-2H3,(H,22,24)/t16-,18-/m1/s1. The lowest BCUT2D eigenvalue weighted by molar-refractivity contribution is -0.126. The number of amides is 1. The smallest absolute Gasteiger partial charge is 0.243 e. The topological polar surface area (TPSA) is 101 Å². The van der Waals surface area contributed by atoms with E-state index < -0.39 is 25.8 Å². The van der Waals surface area contributed by atoms with E-state index in [0.717, 1.165) is 11.8 Å². The maximum atomic E-state index is 12.9. The summed E-state index contributed by atoms with van der Waals surface area (Å²) in [6.07, 6.45) is 2.37. The lowest BCUT2D eigenvalue weighted by Gasteiger charge is -2.32. The van der Waals surface area contributed by atoms with Crippen LogP contribution in [0.4, 0.5) is 0 Å². The molecule has 1 aliphatic rings. The summed E-state index contributed by atoms with van der Waals surface area (Å²) in [6, 6.07) is 14.3. The Hall–Kier alpha value is -2.23. The summed E-state index contributed by atoms with van der Waals surface area (Å²) in [4.78, 5) is 13.2. The summed E-state index contributed by atoms with van der Waals surface area (Å²) in [6.45, 7) is 2.35. The van der Waals surface area contributed by atoms with Crippen molar-refractivity contribution in [2.75, 3.05) is 19.3 Å². The van der Waals surface area contributed by atoms with Crippen LogP contribution in [0.1, 0.15) is 31.4 Å². The molecule has 3 rings (SSSR count).